The van der Waals surface area contributed by atoms with E-state index in [0.717, 1.165) is 13.1 Å². The molecule has 0 radical (unpaired) electrons. The molecule has 0 aromatic heterocycles. The van der Waals surface area contributed by atoms with Crippen molar-refractivity contribution < 1.29 is 0 Å². The van der Waals surface area contributed by atoms with E-state index in [9.17, 15) is 0 Å². The summed E-state index contributed by atoms with van der Waals surface area (Å²) in [6, 6.07) is 0.712. The Balaban J connectivity index is 1.95. The lowest BCUT2D eigenvalue weighted by Gasteiger charge is -2.34. The van der Waals surface area contributed by atoms with E-state index in [2.05, 4.69) is 27.4 Å². The van der Waals surface area contributed by atoms with Gasteiger partial charge in [-0.3, -0.25) is 4.90 Å². The van der Waals surface area contributed by atoms with Gasteiger partial charge in [0.25, 0.3) is 0 Å². The molecule has 2 N–H and O–H groups in total. The zero-order valence-electron chi connectivity index (χ0n) is 11.2. The summed E-state index contributed by atoms with van der Waals surface area (Å²) in [7, 11) is 0. The summed E-state index contributed by atoms with van der Waals surface area (Å²) in [5.41, 5.74) is 0. The molecule has 100 valence electrons. The molecule has 2 aliphatic rings. The first-order chi connectivity index (χ1) is 8.36. The topological polar surface area (TPSA) is 30.5 Å². The molecule has 0 aromatic rings. The third kappa shape index (κ3) is 4.54. The molecule has 2 bridgehead atoms. The van der Waals surface area contributed by atoms with E-state index in [1.54, 1.807) is 0 Å². The molecule has 4 heteroatoms. The lowest BCUT2D eigenvalue weighted by atomic mass is 10.1. The normalized spacial score (nSPS) is 37.6. The van der Waals surface area contributed by atoms with Crippen LogP contribution >= 0.6 is 0 Å². The van der Waals surface area contributed by atoms with Crippen LogP contribution in [0, 0.1) is 0 Å². The second-order valence-corrected chi connectivity index (χ2v) is 5.37. The zero-order valence-corrected chi connectivity index (χ0v) is 11.2. The van der Waals surface area contributed by atoms with Crippen LogP contribution in [0.5, 0.6) is 0 Å². The van der Waals surface area contributed by atoms with Gasteiger partial charge in [0.15, 0.2) is 0 Å². The van der Waals surface area contributed by atoms with Crippen molar-refractivity contribution in [3.63, 3.8) is 0 Å². The molecule has 2 fully saturated rings. The summed E-state index contributed by atoms with van der Waals surface area (Å²) in [6.07, 6.45) is 2.57. The lowest BCUT2D eigenvalue weighted by molar-refractivity contribution is 0.147. The maximum Gasteiger partial charge on any atom is 0.0113 e. The summed E-state index contributed by atoms with van der Waals surface area (Å²) >= 11 is 0. The van der Waals surface area contributed by atoms with Crippen molar-refractivity contribution in [3.8, 4) is 0 Å². The highest BCUT2D eigenvalue weighted by atomic mass is 15.2. The standard InChI is InChI=1S/C13H28N4/c1-13-3-5-15-6-9-16-8-2-4-14-7-10-17(13)12-11-16/h13-15H,2-12H2,1H3. The molecular weight excluding hydrogens is 212 g/mol. The predicted molar refractivity (Wildman–Crippen MR) is 72.4 cm³/mol. The van der Waals surface area contributed by atoms with E-state index < -0.39 is 0 Å². The van der Waals surface area contributed by atoms with Gasteiger partial charge in [-0.15, -0.1) is 0 Å². The monoisotopic (exact) mass is 240 g/mol. The van der Waals surface area contributed by atoms with Crippen LogP contribution < -0.4 is 10.6 Å². The Morgan fingerprint density at radius 3 is 2.59 bits per heavy atom. The van der Waals surface area contributed by atoms with Gasteiger partial charge in [0.1, 0.15) is 0 Å². The first-order valence-corrected chi connectivity index (χ1v) is 7.24. The minimum Gasteiger partial charge on any atom is -0.315 e. The van der Waals surface area contributed by atoms with E-state index in [0.29, 0.717) is 6.04 Å². The molecule has 4 nitrogen and oxygen atoms in total. The Morgan fingerprint density at radius 1 is 0.824 bits per heavy atom. The Bertz CT molecular complexity index is 208. The molecular formula is C13H28N4. The van der Waals surface area contributed by atoms with Crippen molar-refractivity contribution in [2.45, 2.75) is 25.8 Å². The fraction of sp³-hybridized carbons (Fsp3) is 1.00. The Kier molecular flexibility index (Phi) is 5.71. The van der Waals surface area contributed by atoms with Gasteiger partial charge in [0.05, 0.1) is 0 Å². The molecule has 17 heavy (non-hydrogen) atoms. The Labute approximate surface area is 106 Å². The van der Waals surface area contributed by atoms with Gasteiger partial charge in [-0.25, -0.2) is 0 Å². The Morgan fingerprint density at radius 2 is 1.65 bits per heavy atom. The molecule has 2 heterocycles. The summed E-state index contributed by atoms with van der Waals surface area (Å²) in [5.74, 6) is 0. The van der Waals surface area contributed by atoms with Gasteiger partial charge in [0.2, 0.25) is 0 Å². The van der Waals surface area contributed by atoms with Crippen LogP contribution in [-0.4, -0.2) is 74.7 Å². The summed E-state index contributed by atoms with van der Waals surface area (Å²) < 4.78 is 0. The number of nitrogens with zero attached hydrogens (tertiary/aromatic N) is 2. The second-order valence-electron chi connectivity index (χ2n) is 5.37. The highest BCUT2D eigenvalue weighted by Gasteiger charge is 2.17. The first-order valence-electron chi connectivity index (χ1n) is 7.24. The fourth-order valence-electron chi connectivity index (χ4n) is 2.79. The predicted octanol–water partition coefficient (Wildman–Crippen LogP) is -0.0345. The molecule has 2 saturated heterocycles. The van der Waals surface area contributed by atoms with E-state index in [1.807, 2.05) is 0 Å². The lowest BCUT2D eigenvalue weighted by Crippen LogP contribution is -2.48. The molecule has 3 unspecified atom stereocenters. The highest BCUT2D eigenvalue weighted by molar-refractivity contribution is 4.75. The van der Waals surface area contributed by atoms with Crippen LogP contribution in [0.1, 0.15) is 19.8 Å². The average molecular weight is 240 g/mol. The van der Waals surface area contributed by atoms with Gasteiger partial charge >= 0.3 is 0 Å². The molecule has 0 aliphatic carbocycles. The Hall–Kier alpha value is -0.160. The van der Waals surface area contributed by atoms with Crippen molar-refractivity contribution in [2.75, 3.05) is 58.9 Å². The molecule has 2 aliphatic heterocycles. The van der Waals surface area contributed by atoms with Gasteiger partial charge in [-0.2, -0.15) is 0 Å². The summed E-state index contributed by atoms with van der Waals surface area (Å²) in [4.78, 5) is 5.27. The molecule has 2 rings (SSSR count). The third-order valence-electron chi connectivity index (χ3n) is 4.07. The maximum absolute atomic E-state index is 3.57. The van der Waals surface area contributed by atoms with E-state index in [4.69, 9.17) is 0 Å². The number of hydrogen-bond acceptors (Lipinski definition) is 4. The number of nitrogens with one attached hydrogen (secondary N) is 2. The number of rotatable bonds is 0. The van der Waals surface area contributed by atoms with E-state index in [-0.39, 0.29) is 0 Å². The van der Waals surface area contributed by atoms with Crippen molar-refractivity contribution in [2.24, 2.45) is 0 Å². The average Bonchev–Trinajstić information content (AvgIpc) is 2.36. The number of hydrogen-bond donors (Lipinski definition) is 2. The van der Waals surface area contributed by atoms with Gasteiger partial charge in [-0.1, -0.05) is 0 Å². The van der Waals surface area contributed by atoms with Crippen LogP contribution in [-0.2, 0) is 0 Å². The van der Waals surface area contributed by atoms with E-state index in [1.165, 1.54) is 58.7 Å². The van der Waals surface area contributed by atoms with Crippen LogP contribution in [0.3, 0.4) is 0 Å². The minimum absolute atomic E-state index is 0.712. The summed E-state index contributed by atoms with van der Waals surface area (Å²) in [5, 5.41) is 7.13. The van der Waals surface area contributed by atoms with E-state index >= 15 is 0 Å². The molecule has 0 amide bonds. The first kappa shape index (κ1) is 13.3. The van der Waals surface area contributed by atoms with Crippen molar-refractivity contribution in [1.29, 1.82) is 0 Å². The molecule has 3 atom stereocenters. The number of fused-ring (bicyclic) bond motifs is 3. The second kappa shape index (κ2) is 7.31. The molecule has 0 saturated carbocycles. The van der Waals surface area contributed by atoms with Crippen LogP contribution in [0.15, 0.2) is 0 Å². The van der Waals surface area contributed by atoms with Crippen molar-refractivity contribution in [1.82, 2.24) is 20.4 Å². The molecule has 0 spiro atoms. The zero-order chi connectivity index (χ0) is 11.9. The quantitative estimate of drug-likeness (QED) is 0.622. The van der Waals surface area contributed by atoms with Crippen molar-refractivity contribution in [3.05, 3.63) is 0 Å². The maximum atomic E-state index is 3.57. The SMILES string of the molecule is CC1CCNCCN2CCCNCCN1CC2. The third-order valence-corrected chi connectivity index (χ3v) is 4.07. The van der Waals surface area contributed by atoms with Gasteiger partial charge in [-0.05, 0) is 39.4 Å². The van der Waals surface area contributed by atoms with Crippen molar-refractivity contribution >= 4 is 0 Å². The highest BCUT2D eigenvalue weighted by Crippen LogP contribution is 2.06. The fourth-order valence-corrected chi connectivity index (χ4v) is 2.79. The largest absolute Gasteiger partial charge is 0.315 e. The van der Waals surface area contributed by atoms with Crippen LogP contribution in [0.25, 0.3) is 0 Å². The van der Waals surface area contributed by atoms with Crippen LogP contribution in [0.2, 0.25) is 0 Å². The summed E-state index contributed by atoms with van der Waals surface area (Å²) in [6.45, 7) is 13.2. The molecule has 0 aromatic carbocycles. The van der Waals surface area contributed by atoms with Gasteiger partial charge < -0.3 is 15.5 Å². The van der Waals surface area contributed by atoms with Gasteiger partial charge in [0, 0.05) is 45.3 Å². The van der Waals surface area contributed by atoms with Crippen LogP contribution in [0.4, 0.5) is 0 Å². The smallest absolute Gasteiger partial charge is 0.0113 e. The minimum atomic E-state index is 0.712.